The van der Waals surface area contributed by atoms with Gasteiger partial charge in [-0.1, -0.05) is 18.2 Å². The molecule has 1 aliphatic rings. The molecule has 1 aromatic heterocycles. The van der Waals surface area contributed by atoms with Gasteiger partial charge in [0.1, 0.15) is 5.54 Å². The third-order valence-corrected chi connectivity index (χ3v) is 3.97. The van der Waals surface area contributed by atoms with E-state index in [0.717, 1.165) is 16.5 Å². The first-order chi connectivity index (χ1) is 10.0. The Labute approximate surface area is 121 Å². The minimum absolute atomic E-state index is 0.367. The van der Waals surface area contributed by atoms with Gasteiger partial charge in [-0.3, -0.25) is 4.79 Å². The van der Waals surface area contributed by atoms with Crippen LogP contribution < -0.4 is 11.1 Å². The molecule has 1 saturated carbocycles. The molecule has 1 aliphatic carbocycles. The van der Waals surface area contributed by atoms with Crippen molar-refractivity contribution in [2.45, 2.75) is 30.8 Å². The van der Waals surface area contributed by atoms with E-state index < -0.39 is 23.5 Å². The highest BCUT2D eigenvalue weighted by Gasteiger charge is 2.52. The summed E-state index contributed by atoms with van der Waals surface area (Å²) in [4.78, 5) is 26.3. The molecule has 0 saturated heterocycles. The van der Waals surface area contributed by atoms with E-state index in [1.807, 2.05) is 30.5 Å². The smallest absolute Gasteiger partial charge is 0.329 e. The molecule has 0 spiro atoms. The first kappa shape index (κ1) is 13.6. The molecule has 1 amide bonds. The van der Waals surface area contributed by atoms with E-state index >= 15 is 0 Å². The number of nitrogens with one attached hydrogen (secondary N) is 2. The lowest BCUT2D eigenvalue weighted by molar-refractivity contribution is -0.143. The SMILES string of the molecule is NC(Cc1c[nH]c2ccccc12)C(=O)NC1(C(=O)O)CC1. The Balaban J connectivity index is 1.70. The number of hydrogen-bond donors (Lipinski definition) is 4. The predicted octanol–water partition coefficient (Wildman–Crippen LogP) is 0.771. The second-order valence-corrected chi connectivity index (χ2v) is 5.55. The number of carboxylic acids is 1. The number of nitrogens with two attached hydrogens (primary N) is 1. The third-order valence-electron chi connectivity index (χ3n) is 3.97. The lowest BCUT2D eigenvalue weighted by Crippen LogP contribution is -2.50. The van der Waals surface area contributed by atoms with Gasteiger partial charge in [0.2, 0.25) is 5.91 Å². The number of carbonyl (C=O) groups excluding carboxylic acids is 1. The van der Waals surface area contributed by atoms with E-state index in [-0.39, 0.29) is 0 Å². The quantitative estimate of drug-likeness (QED) is 0.651. The number of carbonyl (C=O) groups is 2. The molecule has 3 rings (SSSR count). The van der Waals surface area contributed by atoms with Crippen molar-refractivity contribution in [3.63, 3.8) is 0 Å². The summed E-state index contributed by atoms with van der Waals surface area (Å²) >= 11 is 0. The van der Waals surface area contributed by atoms with Gasteiger partial charge in [-0.05, 0) is 30.9 Å². The Morgan fingerprint density at radius 2 is 2.10 bits per heavy atom. The zero-order valence-corrected chi connectivity index (χ0v) is 11.4. The maximum atomic E-state index is 12.1. The van der Waals surface area contributed by atoms with Gasteiger partial charge in [-0.2, -0.15) is 0 Å². The molecule has 0 bridgehead atoms. The van der Waals surface area contributed by atoms with Crippen LogP contribution in [0, 0.1) is 0 Å². The number of carboxylic acid groups (broad SMARTS) is 1. The molecule has 21 heavy (non-hydrogen) atoms. The van der Waals surface area contributed by atoms with Crippen molar-refractivity contribution >= 4 is 22.8 Å². The Hall–Kier alpha value is -2.34. The first-order valence-corrected chi connectivity index (χ1v) is 6.88. The second kappa shape index (κ2) is 4.89. The lowest BCUT2D eigenvalue weighted by Gasteiger charge is -2.16. The summed E-state index contributed by atoms with van der Waals surface area (Å²) in [6.45, 7) is 0. The predicted molar refractivity (Wildman–Crippen MR) is 77.7 cm³/mol. The molecule has 1 fully saturated rings. The fourth-order valence-electron chi connectivity index (χ4n) is 2.48. The number of para-hydroxylation sites is 1. The number of H-pyrrole nitrogens is 1. The fraction of sp³-hybridized carbons (Fsp3) is 0.333. The number of rotatable bonds is 5. The zero-order valence-electron chi connectivity index (χ0n) is 11.4. The molecule has 1 aromatic carbocycles. The highest BCUT2D eigenvalue weighted by molar-refractivity contribution is 5.92. The molecular formula is C15H17N3O3. The van der Waals surface area contributed by atoms with Crippen molar-refractivity contribution < 1.29 is 14.7 Å². The van der Waals surface area contributed by atoms with Crippen molar-refractivity contribution in [2.24, 2.45) is 5.73 Å². The first-order valence-electron chi connectivity index (χ1n) is 6.88. The monoisotopic (exact) mass is 287 g/mol. The number of hydrogen-bond acceptors (Lipinski definition) is 3. The zero-order chi connectivity index (χ0) is 15.0. The number of amides is 1. The van der Waals surface area contributed by atoms with Gasteiger partial charge in [0.15, 0.2) is 0 Å². The summed E-state index contributed by atoms with van der Waals surface area (Å²) in [6.07, 6.45) is 3.13. The van der Waals surface area contributed by atoms with E-state index in [4.69, 9.17) is 10.8 Å². The number of aromatic amines is 1. The van der Waals surface area contributed by atoms with Crippen LogP contribution in [0.3, 0.4) is 0 Å². The number of aliphatic carboxylic acids is 1. The summed E-state index contributed by atoms with van der Waals surface area (Å²) in [5, 5.41) is 12.7. The highest BCUT2D eigenvalue weighted by Crippen LogP contribution is 2.35. The van der Waals surface area contributed by atoms with Crippen LogP contribution >= 0.6 is 0 Å². The summed E-state index contributed by atoms with van der Waals surface area (Å²) in [5.41, 5.74) is 6.77. The number of aromatic nitrogens is 1. The molecule has 6 nitrogen and oxygen atoms in total. The Bertz CT molecular complexity index is 703. The van der Waals surface area contributed by atoms with E-state index in [0.29, 0.717) is 19.3 Å². The van der Waals surface area contributed by atoms with E-state index in [9.17, 15) is 9.59 Å². The van der Waals surface area contributed by atoms with Crippen LogP contribution in [0.2, 0.25) is 0 Å². The number of fused-ring (bicyclic) bond motifs is 1. The van der Waals surface area contributed by atoms with Gasteiger partial charge in [-0.25, -0.2) is 4.79 Å². The second-order valence-electron chi connectivity index (χ2n) is 5.55. The van der Waals surface area contributed by atoms with E-state index in [1.54, 1.807) is 0 Å². The van der Waals surface area contributed by atoms with Gasteiger partial charge >= 0.3 is 5.97 Å². The molecule has 0 radical (unpaired) electrons. The van der Waals surface area contributed by atoms with Crippen molar-refractivity contribution in [2.75, 3.05) is 0 Å². The van der Waals surface area contributed by atoms with E-state index in [2.05, 4.69) is 10.3 Å². The summed E-state index contributed by atoms with van der Waals surface area (Å²) in [7, 11) is 0. The minimum Gasteiger partial charge on any atom is -0.480 e. The van der Waals surface area contributed by atoms with Crippen molar-refractivity contribution in [1.29, 1.82) is 0 Å². The topological polar surface area (TPSA) is 108 Å². The Morgan fingerprint density at radius 1 is 1.38 bits per heavy atom. The summed E-state index contributed by atoms with van der Waals surface area (Å²) < 4.78 is 0. The van der Waals surface area contributed by atoms with Crippen LogP contribution in [-0.2, 0) is 16.0 Å². The molecular weight excluding hydrogens is 270 g/mol. The van der Waals surface area contributed by atoms with Crippen LogP contribution in [0.5, 0.6) is 0 Å². The molecule has 1 atom stereocenters. The average molecular weight is 287 g/mol. The minimum atomic E-state index is -1.09. The van der Waals surface area contributed by atoms with Crippen molar-refractivity contribution in [3.8, 4) is 0 Å². The van der Waals surface area contributed by atoms with Crippen LogP contribution in [-0.4, -0.2) is 33.5 Å². The Kier molecular flexibility index (Phi) is 3.17. The van der Waals surface area contributed by atoms with Gasteiger partial charge in [-0.15, -0.1) is 0 Å². The molecule has 6 heteroatoms. The molecule has 110 valence electrons. The largest absolute Gasteiger partial charge is 0.480 e. The standard InChI is InChI=1S/C15H17N3O3/c16-11(13(19)18-15(5-6-15)14(20)21)7-9-8-17-12-4-2-1-3-10(9)12/h1-4,8,11,17H,5-7,16H2,(H,18,19)(H,20,21). The van der Waals surface area contributed by atoms with Gasteiger partial charge in [0.05, 0.1) is 6.04 Å². The highest BCUT2D eigenvalue weighted by atomic mass is 16.4. The Morgan fingerprint density at radius 3 is 2.76 bits per heavy atom. The van der Waals surface area contributed by atoms with Gasteiger partial charge < -0.3 is 21.1 Å². The van der Waals surface area contributed by atoms with Crippen LogP contribution in [0.4, 0.5) is 0 Å². The van der Waals surface area contributed by atoms with Crippen LogP contribution in [0.15, 0.2) is 30.5 Å². The third kappa shape index (κ3) is 2.50. The lowest BCUT2D eigenvalue weighted by atomic mass is 10.0. The fourth-order valence-corrected chi connectivity index (χ4v) is 2.48. The van der Waals surface area contributed by atoms with Crippen molar-refractivity contribution in [1.82, 2.24) is 10.3 Å². The molecule has 1 heterocycles. The maximum absolute atomic E-state index is 12.1. The number of benzene rings is 1. The van der Waals surface area contributed by atoms with Crippen molar-refractivity contribution in [3.05, 3.63) is 36.0 Å². The molecule has 5 N–H and O–H groups in total. The molecule has 1 unspecified atom stereocenters. The van der Waals surface area contributed by atoms with Crippen LogP contribution in [0.1, 0.15) is 18.4 Å². The summed E-state index contributed by atoms with van der Waals surface area (Å²) in [5.74, 6) is -1.41. The van der Waals surface area contributed by atoms with Gasteiger partial charge in [0.25, 0.3) is 0 Å². The van der Waals surface area contributed by atoms with Gasteiger partial charge in [0, 0.05) is 17.1 Å². The van der Waals surface area contributed by atoms with Crippen LogP contribution in [0.25, 0.3) is 10.9 Å². The molecule has 2 aromatic rings. The van der Waals surface area contributed by atoms with E-state index in [1.165, 1.54) is 0 Å². The normalized spacial score (nSPS) is 17.4. The molecule has 0 aliphatic heterocycles. The average Bonchev–Trinajstić information content (AvgIpc) is 3.14. The summed E-state index contributed by atoms with van der Waals surface area (Å²) in [6, 6.07) is 7.01. The maximum Gasteiger partial charge on any atom is 0.329 e.